The van der Waals surface area contributed by atoms with Crippen molar-refractivity contribution in [3.05, 3.63) is 57.5 Å². The third-order valence-corrected chi connectivity index (χ3v) is 8.10. The van der Waals surface area contributed by atoms with E-state index in [1.165, 1.54) is 27.8 Å². The molecular formula is C20H19N5O4S2. The zero-order chi connectivity index (χ0) is 22.2. The number of hydrogen-bond acceptors (Lipinski definition) is 7. The number of hydrogen-bond donors (Lipinski definition) is 1. The molecule has 11 heteroatoms. The molecule has 0 bridgehead atoms. The van der Waals surface area contributed by atoms with Gasteiger partial charge in [-0.15, -0.1) is 11.3 Å². The zero-order valence-electron chi connectivity index (χ0n) is 16.6. The van der Waals surface area contributed by atoms with E-state index in [1.54, 1.807) is 30.5 Å². The van der Waals surface area contributed by atoms with Crippen LogP contribution in [-0.2, 0) is 14.8 Å². The molecule has 3 heterocycles. The Hall–Kier alpha value is -3.07. The van der Waals surface area contributed by atoms with Gasteiger partial charge in [0.2, 0.25) is 15.9 Å². The van der Waals surface area contributed by atoms with Crippen LogP contribution in [0.2, 0.25) is 0 Å². The van der Waals surface area contributed by atoms with Crippen molar-refractivity contribution in [2.45, 2.75) is 24.7 Å². The molecule has 1 saturated heterocycles. The van der Waals surface area contributed by atoms with Crippen LogP contribution in [0.1, 0.15) is 24.2 Å². The number of aryl methyl sites for hydroxylation is 1. The summed E-state index contributed by atoms with van der Waals surface area (Å²) in [6, 6.07) is 9.64. The predicted molar refractivity (Wildman–Crippen MR) is 116 cm³/mol. The number of nitrogens with zero attached hydrogens (tertiary/aromatic N) is 4. The SMILES string of the molecule is Cc1nc2sccc2c(=O)n1NC(=O)C1CCN(S(=O)(=O)c2ccccc2C#N)CC1. The van der Waals surface area contributed by atoms with Crippen LogP contribution in [-0.4, -0.2) is 41.4 Å². The Morgan fingerprint density at radius 2 is 1.97 bits per heavy atom. The lowest BCUT2D eigenvalue weighted by molar-refractivity contribution is -0.121. The van der Waals surface area contributed by atoms with Gasteiger partial charge in [0, 0.05) is 19.0 Å². The van der Waals surface area contributed by atoms with Gasteiger partial charge in [-0.1, -0.05) is 12.1 Å². The Balaban J connectivity index is 1.47. The molecule has 1 aromatic carbocycles. The van der Waals surface area contributed by atoms with E-state index >= 15 is 0 Å². The molecule has 1 N–H and O–H groups in total. The first kappa shape index (κ1) is 21.2. The van der Waals surface area contributed by atoms with Crippen molar-refractivity contribution >= 4 is 37.5 Å². The molecule has 160 valence electrons. The summed E-state index contributed by atoms with van der Waals surface area (Å²) in [6.45, 7) is 1.94. The average Bonchev–Trinajstić information content (AvgIpc) is 3.25. The monoisotopic (exact) mass is 457 g/mol. The fraction of sp³-hybridized carbons (Fsp3) is 0.300. The van der Waals surface area contributed by atoms with Crippen LogP contribution in [0.15, 0.2) is 45.4 Å². The lowest BCUT2D eigenvalue weighted by atomic mass is 9.98. The molecule has 0 atom stereocenters. The van der Waals surface area contributed by atoms with Gasteiger partial charge in [0.05, 0.1) is 15.8 Å². The quantitative estimate of drug-likeness (QED) is 0.637. The summed E-state index contributed by atoms with van der Waals surface area (Å²) < 4.78 is 28.3. The average molecular weight is 458 g/mol. The molecule has 31 heavy (non-hydrogen) atoms. The van der Waals surface area contributed by atoms with Gasteiger partial charge < -0.3 is 0 Å². The van der Waals surface area contributed by atoms with Gasteiger partial charge in [-0.3, -0.25) is 15.0 Å². The fourth-order valence-corrected chi connectivity index (χ4v) is 6.04. The van der Waals surface area contributed by atoms with Crippen LogP contribution in [0.3, 0.4) is 0 Å². The summed E-state index contributed by atoms with van der Waals surface area (Å²) in [7, 11) is -3.83. The Kier molecular flexibility index (Phi) is 5.62. The molecule has 1 aliphatic heterocycles. The lowest BCUT2D eigenvalue weighted by Crippen LogP contribution is -2.44. The Morgan fingerprint density at radius 1 is 1.26 bits per heavy atom. The molecule has 9 nitrogen and oxygen atoms in total. The van der Waals surface area contributed by atoms with E-state index < -0.39 is 15.9 Å². The highest BCUT2D eigenvalue weighted by molar-refractivity contribution is 7.89. The lowest BCUT2D eigenvalue weighted by Gasteiger charge is -2.30. The third kappa shape index (κ3) is 3.85. The summed E-state index contributed by atoms with van der Waals surface area (Å²) >= 11 is 1.35. The minimum Gasteiger partial charge on any atom is -0.273 e. The summed E-state index contributed by atoms with van der Waals surface area (Å²) in [4.78, 5) is 30.3. The van der Waals surface area contributed by atoms with E-state index in [0.717, 1.165) is 4.68 Å². The Morgan fingerprint density at radius 3 is 2.68 bits per heavy atom. The molecule has 0 unspecified atom stereocenters. The molecule has 2 aromatic heterocycles. The van der Waals surface area contributed by atoms with E-state index in [2.05, 4.69) is 10.4 Å². The minimum atomic E-state index is -3.83. The zero-order valence-corrected chi connectivity index (χ0v) is 18.2. The number of amides is 1. The van der Waals surface area contributed by atoms with Gasteiger partial charge in [0.25, 0.3) is 5.56 Å². The van der Waals surface area contributed by atoms with Gasteiger partial charge >= 0.3 is 0 Å². The van der Waals surface area contributed by atoms with E-state index in [4.69, 9.17) is 0 Å². The highest BCUT2D eigenvalue weighted by Crippen LogP contribution is 2.26. The van der Waals surface area contributed by atoms with Crippen LogP contribution in [0.25, 0.3) is 10.2 Å². The van der Waals surface area contributed by atoms with Crippen molar-refractivity contribution < 1.29 is 13.2 Å². The van der Waals surface area contributed by atoms with Gasteiger partial charge in [0.15, 0.2) is 0 Å². The number of piperidine rings is 1. The number of fused-ring (bicyclic) bond motifs is 1. The van der Waals surface area contributed by atoms with Crippen molar-refractivity contribution in [2.24, 2.45) is 5.92 Å². The predicted octanol–water partition coefficient (Wildman–Crippen LogP) is 1.81. The van der Waals surface area contributed by atoms with Crippen LogP contribution in [0, 0.1) is 24.2 Å². The molecule has 0 aliphatic carbocycles. The second-order valence-electron chi connectivity index (χ2n) is 7.20. The Labute approximate surface area is 182 Å². The third-order valence-electron chi connectivity index (χ3n) is 5.34. The first-order valence-corrected chi connectivity index (χ1v) is 11.9. The van der Waals surface area contributed by atoms with E-state index in [0.29, 0.717) is 28.9 Å². The normalized spacial score (nSPS) is 15.6. The standard InChI is InChI=1S/C20H19N5O4S2/c1-13-22-19-16(8-11-30-19)20(27)25(13)23-18(26)14-6-9-24(10-7-14)31(28,29)17-5-3-2-4-15(17)12-21/h2-5,8,11,14H,6-7,9-10H2,1H3,(H,23,26). The first-order chi connectivity index (χ1) is 14.8. The summed E-state index contributed by atoms with van der Waals surface area (Å²) in [5.41, 5.74) is 2.38. The van der Waals surface area contributed by atoms with Crippen LogP contribution >= 0.6 is 11.3 Å². The minimum absolute atomic E-state index is 0.0299. The molecule has 0 saturated carbocycles. The van der Waals surface area contributed by atoms with Crippen molar-refractivity contribution in [3.63, 3.8) is 0 Å². The molecule has 3 aromatic rings. The number of carbonyl (C=O) groups excluding carboxylic acids is 1. The maximum atomic E-state index is 12.9. The molecule has 0 radical (unpaired) electrons. The second-order valence-corrected chi connectivity index (χ2v) is 10.0. The molecular weight excluding hydrogens is 438 g/mol. The van der Waals surface area contributed by atoms with Gasteiger partial charge in [-0.25, -0.2) is 18.1 Å². The number of carbonyl (C=O) groups is 1. The van der Waals surface area contributed by atoms with Crippen molar-refractivity contribution in [2.75, 3.05) is 18.5 Å². The second kappa shape index (κ2) is 8.22. The van der Waals surface area contributed by atoms with Crippen molar-refractivity contribution in [1.82, 2.24) is 14.0 Å². The Bertz CT molecular complexity index is 1360. The highest BCUT2D eigenvalue weighted by atomic mass is 32.2. The highest BCUT2D eigenvalue weighted by Gasteiger charge is 2.33. The van der Waals surface area contributed by atoms with Crippen LogP contribution in [0.5, 0.6) is 0 Å². The smallest absolute Gasteiger partial charge is 0.273 e. The van der Waals surface area contributed by atoms with E-state index in [-0.39, 0.29) is 35.0 Å². The van der Waals surface area contributed by atoms with Crippen LogP contribution in [0.4, 0.5) is 0 Å². The van der Waals surface area contributed by atoms with E-state index in [9.17, 15) is 23.3 Å². The van der Waals surface area contributed by atoms with Crippen molar-refractivity contribution in [1.29, 1.82) is 5.26 Å². The number of aromatic nitrogens is 2. The number of nitriles is 1. The summed E-state index contributed by atoms with van der Waals surface area (Å²) in [5, 5.41) is 11.4. The first-order valence-electron chi connectivity index (χ1n) is 9.60. The van der Waals surface area contributed by atoms with Gasteiger partial charge in [0.1, 0.15) is 16.7 Å². The topological polar surface area (TPSA) is 125 Å². The number of sulfonamides is 1. The molecule has 0 spiro atoms. The largest absolute Gasteiger partial charge is 0.281 e. The van der Waals surface area contributed by atoms with Gasteiger partial charge in [-0.2, -0.15) is 9.57 Å². The fourth-order valence-electron chi connectivity index (χ4n) is 3.63. The summed E-state index contributed by atoms with van der Waals surface area (Å²) in [5.74, 6) is -0.417. The number of rotatable bonds is 4. The maximum absolute atomic E-state index is 12.9. The van der Waals surface area contributed by atoms with E-state index in [1.807, 2.05) is 6.07 Å². The summed E-state index contributed by atoms with van der Waals surface area (Å²) in [6.07, 6.45) is 0.614. The molecule has 1 aliphatic rings. The molecule has 1 amide bonds. The number of nitrogens with one attached hydrogen (secondary N) is 1. The van der Waals surface area contributed by atoms with Gasteiger partial charge in [-0.05, 0) is 43.3 Å². The van der Waals surface area contributed by atoms with Crippen LogP contribution < -0.4 is 11.0 Å². The van der Waals surface area contributed by atoms with Crippen molar-refractivity contribution in [3.8, 4) is 6.07 Å². The molecule has 4 rings (SSSR count). The maximum Gasteiger partial charge on any atom is 0.281 e. The number of benzene rings is 1. The molecule has 1 fully saturated rings. The number of thiophene rings is 1.